The van der Waals surface area contributed by atoms with Crippen LogP contribution in [0.5, 0.6) is 0 Å². The highest BCUT2D eigenvalue weighted by Gasteiger charge is 2.21. The summed E-state index contributed by atoms with van der Waals surface area (Å²) >= 11 is 2.97. The number of benzene rings is 1. The average molecular weight is 341 g/mol. The first-order chi connectivity index (χ1) is 9.49. The molecule has 0 saturated heterocycles. The largest absolute Gasteiger partial charge is 0.337 e. The molecule has 0 bridgehead atoms. The Balaban J connectivity index is 2.23. The molecule has 3 nitrogen and oxygen atoms in total. The highest BCUT2D eigenvalue weighted by atomic mass is 79.9. The molecule has 1 aromatic carbocycles. The Hall–Kier alpha value is -1.82. The molecule has 0 aliphatic heterocycles. The zero-order valence-electron chi connectivity index (χ0n) is 10.6. The number of hydrogen-bond donors (Lipinski definition) is 0. The van der Waals surface area contributed by atoms with E-state index in [9.17, 15) is 13.6 Å². The van der Waals surface area contributed by atoms with Gasteiger partial charge in [0.15, 0.2) is 0 Å². The third-order valence-corrected chi connectivity index (χ3v) is 3.17. The van der Waals surface area contributed by atoms with Gasteiger partial charge in [0.05, 0.1) is 0 Å². The Morgan fingerprint density at radius 3 is 2.55 bits per heavy atom. The van der Waals surface area contributed by atoms with Crippen LogP contribution >= 0.6 is 15.9 Å². The summed E-state index contributed by atoms with van der Waals surface area (Å²) in [6, 6.07) is 5.64. The van der Waals surface area contributed by atoms with Gasteiger partial charge in [-0.05, 0) is 23.8 Å². The molecule has 0 saturated carbocycles. The van der Waals surface area contributed by atoms with E-state index < -0.39 is 23.1 Å². The summed E-state index contributed by atoms with van der Waals surface area (Å²) in [5.41, 5.74) is 0.223. The van der Waals surface area contributed by atoms with Gasteiger partial charge in [-0.3, -0.25) is 9.78 Å². The number of carbonyl (C=O) groups is 1. The topological polar surface area (TPSA) is 33.2 Å². The van der Waals surface area contributed by atoms with Crippen LogP contribution in [-0.4, -0.2) is 22.8 Å². The first-order valence-corrected chi connectivity index (χ1v) is 6.57. The Kier molecular flexibility index (Phi) is 4.44. The van der Waals surface area contributed by atoms with Gasteiger partial charge in [0.25, 0.3) is 5.91 Å². The van der Waals surface area contributed by atoms with E-state index in [0.717, 1.165) is 17.7 Å². The summed E-state index contributed by atoms with van der Waals surface area (Å²) in [4.78, 5) is 17.3. The molecule has 1 aromatic heterocycles. The van der Waals surface area contributed by atoms with Crippen molar-refractivity contribution in [1.29, 1.82) is 0 Å². The summed E-state index contributed by atoms with van der Waals surface area (Å²) in [6.45, 7) is 0.224. The Bertz CT molecular complexity index is 611. The van der Waals surface area contributed by atoms with Gasteiger partial charge >= 0.3 is 0 Å². The van der Waals surface area contributed by atoms with E-state index in [1.165, 1.54) is 11.9 Å². The molecule has 0 aliphatic rings. The van der Waals surface area contributed by atoms with E-state index >= 15 is 0 Å². The van der Waals surface area contributed by atoms with E-state index in [1.807, 2.05) is 0 Å². The molecule has 0 spiro atoms. The van der Waals surface area contributed by atoms with Gasteiger partial charge in [-0.2, -0.15) is 0 Å². The summed E-state index contributed by atoms with van der Waals surface area (Å²) < 4.78 is 27.7. The third kappa shape index (κ3) is 3.19. The van der Waals surface area contributed by atoms with Crippen molar-refractivity contribution in [3.63, 3.8) is 0 Å². The molecule has 20 heavy (non-hydrogen) atoms. The van der Waals surface area contributed by atoms with Gasteiger partial charge in [0.2, 0.25) is 0 Å². The molecule has 0 fully saturated rings. The lowest BCUT2D eigenvalue weighted by Gasteiger charge is -2.18. The van der Waals surface area contributed by atoms with Gasteiger partial charge in [-0.1, -0.05) is 22.0 Å². The minimum absolute atomic E-state index is 0.224. The van der Waals surface area contributed by atoms with Gasteiger partial charge in [-0.25, -0.2) is 8.78 Å². The van der Waals surface area contributed by atoms with Crippen LogP contribution in [-0.2, 0) is 6.54 Å². The minimum Gasteiger partial charge on any atom is -0.337 e. The van der Waals surface area contributed by atoms with Crippen molar-refractivity contribution >= 4 is 21.8 Å². The van der Waals surface area contributed by atoms with Crippen LogP contribution in [0.25, 0.3) is 0 Å². The Morgan fingerprint density at radius 2 is 2.00 bits per heavy atom. The molecule has 0 unspecified atom stereocenters. The molecule has 2 aromatic rings. The average Bonchev–Trinajstić information content (AvgIpc) is 2.38. The zero-order chi connectivity index (χ0) is 14.7. The minimum atomic E-state index is -0.889. The number of hydrogen-bond acceptors (Lipinski definition) is 2. The first-order valence-electron chi connectivity index (χ1n) is 5.78. The Morgan fingerprint density at radius 1 is 1.35 bits per heavy atom. The molecule has 0 atom stereocenters. The van der Waals surface area contributed by atoms with Crippen LogP contribution in [0.3, 0.4) is 0 Å². The SMILES string of the molecule is CN(Cc1cccnc1)C(=O)c1c(F)cc(Br)cc1F. The van der Waals surface area contributed by atoms with Crippen molar-refractivity contribution in [3.8, 4) is 0 Å². The predicted molar refractivity (Wildman–Crippen MR) is 74.1 cm³/mol. The van der Waals surface area contributed by atoms with Crippen LogP contribution in [0.15, 0.2) is 41.1 Å². The van der Waals surface area contributed by atoms with E-state index in [1.54, 1.807) is 24.5 Å². The molecule has 104 valence electrons. The smallest absolute Gasteiger partial charge is 0.259 e. The number of pyridine rings is 1. The lowest BCUT2D eigenvalue weighted by molar-refractivity contribution is 0.0775. The van der Waals surface area contributed by atoms with E-state index in [0.29, 0.717) is 0 Å². The molecule has 0 aliphatic carbocycles. The molecule has 6 heteroatoms. The van der Waals surface area contributed by atoms with E-state index in [2.05, 4.69) is 20.9 Å². The van der Waals surface area contributed by atoms with Crippen molar-refractivity contribution in [2.24, 2.45) is 0 Å². The van der Waals surface area contributed by atoms with Crippen molar-refractivity contribution in [2.45, 2.75) is 6.54 Å². The molecule has 0 radical (unpaired) electrons. The second kappa shape index (κ2) is 6.09. The standard InChI is InChI=1S/C14H11BrF2N2O/c1-19(8-9-3-2-4-18-7-9)14(20)13-11(16)5-10(15)6-12(13)17/h2-7H,8H2,1H3. The van der Waals surface area contributed by atoms with Crippen molar-refractivity contribution in [3.05, 3.63) is 63.9 Å². The van der Waals surface area contributed by atoms with Gasteiger partial charge in [-0.15, -0.1) is 0 Å². The van der Waals surface area contributed by atoms with E-state index in [4.69, 9.17) is 0 Å². The van der Waals surface area contributed by atoms with Gasteiger partial charge < -0.3 is 4.90 Å². The van der Waals surface area contributed by atoms with Crippen LogP contribution in [0, 0.1) is 11.6 Å². The highest BCUT2D eigenvalue weighted by molar-refractivity contribution is 9.10. The summed E-state index contributed by atoms with van der Waals surface area (Å²) in [5.74, 6) is -2.49. The molecular formula is C14H11BrF2N2O. The summed E-state index contributed by atoms with van der Waals surface area (Å²) in [6.07, 6.45) is 3.21. The molecule has 1 amide bonds. The van der Waals surface area contributed by atoms with Crippen LogP contribution in [0.4, 0.5) is 8.78 Å². The maximum absolute atomic E-state index is 13.7. The van der Waals surface area contributed by atoms with Crippen molar-refractivity contribution < 1.29 is 13.6 Å². The van der Waals surface area contributed by atoms with Crippen molar-refractivity contribution in [1.82, 2.24) is 9.88 Å². The monoisotopic (exact) mass is 340 g/mol. The lowest BCUT2D eigenvalue weighted by Crippen LogP contribution is -2.28. The second-order valence-electron chi connectivity index (χ2n) is 4.27. The number of amides is 1. The van der Waals surface area contributed by atoms with Crippen LogP contribution in [0.2, 0.25) is 0 Å². The fourth-order valence-corrected chi connectivity index (χ4v) is 2.18. The summed E-state index contributed by atoms with van der Waals surface area (Å²) in [7, 11) is 1.48. The molecule has 1 heterocycles. The number of carbonyl (C=O) groups excluding carboxylic acids is 1. The quantitative estimate of drug-likeness (QED) is 0.857. The van der Waals surface area contributed by atoms with E-state index in [-0.39, 0.29) is 11.0 Å². The van der Waals surface area contributed by atoms with Crippen LogP contribution < -0.4 is 0 Å². The Labute approximate surface area is 123 Å². The molecule has 2 rings (SSSR count). The number of halogens is 3. The maximum atomic E-state index is 13.7. The van der Waals surface area contributed by atoms with Gasteiger partial charge in [0.1, 0.15) is 17.2 Å². The molecular weight excluding hydrogens is 330 g/mol. The zero-order valence-corrected chi connectivity index (χ0v) is 12.2. The first kappa shape index (κ1) is 14.6. The number of nitrogens with zero attached hydrogens (tertiary/aromatic N) is 2. The lowest BCUT2D eigenvalue weighted by atomic mass is 10.1. The molecule has 0 N–H and O–H groups in total. The predicted octanol–water partition coefficient (Wildman–Crippen LogP) is 3.39. The fraction of sp³-hybridized carbons (Fsp3) is 0.143. The van der Waals surface area contributed by atoms with Crippen LogP contribution in [0.1, 0.15) is 15.9 Å². The normalized spacial score (nSPS) is 10.4. The third-order valence-electron chi connectivity index (χ3n) is 2.71. The second-order valence-corrected chi connectivity index (χ2v) is 5.18. The van der Waals surface area contributed by atoms with Gasteiger partial charge in [0, 0.05) is 30.5 Å². The number of aromatic nitrogens is 1. The fourth-order valence-electron chi connectivity index (χ4n) is 1.77. The summed E-state index contributed by atoms with van der Waals surface area (Å²) in [5, 5.41) is 0. The highest BCUT2D eigenvalue weighted by Crippen LogP contribution is 2.21. The van der Waals surface area contributed by atoms with Crippen molar-refractivity contribution in [2.75, 3.05) is 7.05 Å². The maximum Gasteiger partial charge on any atom is 0.259 e. The number of rotatable bonds is 3.